The van der Waals surface area contributed by atoms with E-state index in [1.54, 1.807) is 36.7 Å². The van der Waals surface area contributed by atoms with Gasteiger partial charge in [0.15, 0.2) is 17.4 Å². The summed E-state index contributed by atoms with van der Waals surface area (Å²) in [5.74, 6) is 3.03. The SMILES string of the molecule is CCC(=O)c1cnc(Nc2cnc(O[C@H]3CCN(C)C[C@@H]3C)cn2)cc1N(C)c1cccc(-c2ncn(C)n2)c1OC. The maximum Gasteiger partial charge on any atom is 0.232 e. The first-order chi connectivity index (χ1) is 20.3. The van der Waals surface area contributed by atoms with E-state index < -0.39 is 0 Å². The number of ether oxygens (including phenoxy) is 2. The zero-order chi connectivity index (χ0) is 29.8. The van der Waals surface area contributed by atoms with E-state index in [1.165, 1.54) is 0 Å². The lowest BCUT2D eigenvalue weighted by atomic mass is 9.97. The normalized spacial score (nSPS) is 17.1. The molecule has 0 saturated carbocycles. The molecule has 1 N–H and O–H groups in total. The van der Waals surface area contributed by atoms with Crippen molar-refractivity contribution in [3.8, 4) is 23.0 Å². The van der Waals surface area contributed by atoms with Crippen LogP contribution in [-0.4, -0.2) is 80.8 Å². The summed E-state index contributed by atoms with van der Waals surface area (Å²) in [7, 11) is 7.43. The number of benzene rings is 1. The largest absolute Gasteiger partial charge is 0.494 e. The molecule has 4 aromatic rings. The molecule has 1 saturated heterocycles. The topological polar surface area (TPSA) is 123 Å². The summed E-state index contributed by atoms with van der Waals surface area (Å²) in [4.78, 5) is 35.0. The molecule has 0 bridgehead atoms. The van der Waals surface area contributed by atoms with Crippen LogP contribution in [0.2, 0.25) is 0 Å². The zero-order valence-corrected chi connectivity index (χ0v) is 24.9. The Labute approximate surface area is 245 Å². The molecule has 2 atom stereocenters. The maximum absolute atomic E-state index is 12.9. The second-order valence-corrected chi connectivity index (χ2v) is 10.6. The fourth-order valence-electron chi connectivity index (χ4n) is 5.20. The van der Waals surface area contributed by atoms with Crippen molar-refractivity contribution in [3.63, 3.8) is 0 Å². The van der Waals surface area contributed by atoms with Crippen LogP contribution >= 0.6 is 0 Å². The van der Waals surface area contributed by atoms with E-state index >= 15 is 0 Å². The van der Waals surface area contributed by atoms with Crippen molar-refractivity contribution < 1.29 is 14.3 Å². The Morgan fingerprint density at radius 2 is 1.90 bits per heavy atom. The van der Waals surface area contributed by atoms with Gasteiger partial charge in [0.2, 0.25) is 5.88 Å². The molecule has 1 fully saturated rings. The molecule has 12 nitrogen and oxygen atoms in total. The molecule has 0 radical (unpaired) electrons. The first kappa shape index (κ1) is 28.9. The van der Waals surface area contributed by atoms with Gasteiger partial charge in [-0.3, -0.25) is 9.48 Å². The lowest BCUT2D eigenvalue weighted by molar-refractivity contribution is 0.0602. The Kier molecular flexibility index (Phi) is 8.62. The van der Waals surface area contributed by atoms with Crippen LogP contribution in [0, 0.1) is 5.92 Å². The number of para-hydroxylation sites is 1. The molecule has 42 heavy (non-hydrogen) atoms. The summed E-state index contributed by atoms with van der Waals surface area (Å²) in [5.41, 5.74) is 2.64. The molecule has 1 aliphatic heterocycles. The highest BCUT2D eigenvalue weighted by Crippen LogP contribution is 2.41. The summed E-state index contributed by atoms with van der Waals surface area (Å²) in [6, 6.07) is 7.56. The molecule has 0 spiro atoms. The van der Waals surface area contributed by atoms with E-state index in [1.807, 2.05) is 50.2 Å². The van der Waals surface area contributed by atoms with Gasteiger partial charge >= 0.3 is 0 Å². The highest BCUT2D eigenvalue weighted by Gasteiger charge is 2.26. The second kappa shape index (κ2) is 12.5. The van der Waals surface area contributed by atoms with E-state index in [2.05, 4.69) is 49.2 Å². The van der Waals surface area contributed by atoms with Crippen molar-refractivity contribution in [3.05, 3.63) is 54.7 Å². The molecule has 12 heteroatoms. The summed E-state index contributed by atoms with van der Waals surface area (Å²) in [5, 5.41) is 7.65. The number of carbonyl (C=O) groups is 1. The third-order valence-electron chi connectivity index (χ3n) is 7.45. The van der Waals surface area contributed by atoms with Crippen molar-refractivity contribution in [1.29, 1.82) is 0 Å². The minimum absolute atomic E-state index is 0.0261. The van der Waals surface area contributed by atoms with Gasteiger partial charge in [-0.05, 0) is 25.6 Å². The van der Waals surface area contributed by atoms with Gasteiger partial charge in [-0.1, -0.05) is 19.9 Å². The second-order valence-electron chi connectivity index (χ2n) is 10.6. The molecular formula is C30H37N9O3. The van der Waals surface area contributed by atoms with Crippen LogP contribution in [0.4, 0.5) is 23.0 Å². The van der Waals surface area contributed by atoms with Gasteiger partial charge in [-0.25, -0.2) is 19.9 Å². The number of hydrogen-bond acceptors (Lipinski definition) is 11. The Morgan fingerprint density at radius 3 is 2.57 bits per heavy atom. The molecule has 0 aliphatic carbocycles. The summed E-state index contributed by atoms with van der Waals surface area (Å²) >= 11 is 0. The highest BCUT2D eigenvalue weighted by atomic mass is 16.5. The molecule has 5 rings (SSSR count). The fraction of sp³-hybridized carbons (Fsp3) is 0.400. The van der Waals surface area contributed by atoms with Gasteiger partial charge in [-0.2, -0.15) is 5.10 Å². The third kappa shape index (κ3) is 6.18. The van der Waals surface area contributed by atoms with Gasteiger partial charge < -0.3 is 24.6 Å². The van der Waals surface area contributed by atoms with Crippen LogP contribution < -0.4 is 19.7 Å². The lowest BCUT2D eigenvalue weighted by Crippen LogP contribution is -2.42. The summed E-state index contributed by atoms with van der Waals surface area (Å²) in [6.07, 6.45) is 7.88. The quantitative estimate of drug-likeness (QED) is 0.271. The number of Topliss-reactive ketones (excluding diaryl/α,β-unsaturated/α-hetero) is 1. The number of aromatic nitrogens is 6. The predicted octanol–water partition coefficient (Wildman–Crippen LogP) is 4.50. The van der Waals surface area contributed by atoms with Gasteiger partial charge in [-0.15, -0.1) is 0 Å². The van der Waals surface area contributed by atoms with Crippen LogP contribution in [0.3, 0.4) is 0 Å². The number of rotatable bonds is 10. The zero-order valence-electron chi connectivity index (χ0n) is 24.9. The van der Waals surface area contributed by atoms with Crippen LogP contribution in [0.1, 0.15) is 37.0 Å². The summed E-state index contributed by atoms with van der Waals surface area (Å²) in [6.45, 7) is 6.01. The number of likely N-dealkylation sites (tertiary alicyclic amines) is 1. The number of carbonyl (C=O) groups excluding carboxylic acids is 1. The molecule has 1 aromatic carbocycles. The molecular weight excluding hydrogens is 534 g/mol. The van der Waals surface area contributed by atoms with Gasteiger partial charge in [0, 0.05) is 51.8 Å². The van der Waals surface area contributed by atoms with Crippen LogP contribution in [0.15, 0.2) is 49.2 Å². The number of hydrogen-bond donors (Lipinski definition) is 1. The van der Waals surface area contributed by atoms with E-state index in [0.717, 1.165) is 30.8 Å². The van der Waals surface area contributed by atoms with Crippen molar-refractivity contribution in [2.75, 3.05) is 44.5 Å². The number of methoxy groups -OCH3 is 1. The van der Waals surface area contributed by atoms with E-state index in [0.29, 0.717) is 52.7 Å². The number of ketones is 1. The van der Waals surface area contributed by atoms with E-state index in [-0.39, 0.29) is 11.9 Å². The molecule has 220 valence electrons. The monoisotopic (exact) mass is 571 g/mol. The summed E-state index contributed by atoms with van der Waals surface area (Å²) < 4.78 is 13.6. The maximum atomic E-state index is 12.9. The molecule has 3 aromatic heterocycles. The Morgan fingerprint density at radius 1 is 1.10 bits per heavy atom. The Balaban J connectivity index is 1.41. The number of nitrogens with zero attached hydrogens (tertiary/aromatic N) is 8. The van der Waals surface area contributed by atoms with Crippen molar-refractivity contribution in [1.82, 2.24) is 34.6 Å². The number of aryl methyl sites for hydroxylation is 1. The third-order valence-corrected chi connectivity index (χ3v) is 7.45. The van der Waals surface area contributed by atoms with Crippen molar-refractivity contribution >= 4 is 28.8 Å². The average molecular weight is 572 g/mol. The van der Waals surface area contributed by atoms with Gasteiger partial charge in [0.1, 0.15) is 24.1 Å². The smallest absolute Gasteiger partial charge is 0.232 e. The van der Waals surface area contributed by atoms with Crippen LogP contribution in [0.25, 0.3) is 11.4 Å². The number of piperidine rings is 1. The van der Waals surface area contributed by atoms with Gasteiger partial charge in [0.25, 0.3) is 0 Å². The minimum atomic E-state index is -0.0261. The first-order valence-electron chi connectivity index (χ1n) is 14.0. The fourth-order valence-corrected chi connectivity index (χ4v) is 5.20. The predicted molar refractivity (Wildman–Crippen MR) is 161 cm³/mol. The number of anilines is 4. The molecule has 1 aliphatic rings. The molecule has 4 heterocycles. The number of pyridine rings is 1. The minimum Gasteiger partial charge on any atom is -0.494 e. The van der Waals surface area contributed by atoms with Crippen molar-refractivity contribution in [2.45, 2.75) is 32.8 Å². The Hall–Kier alpha value is -4.58. The first-order valence-corrected chi connectivity index (χ1v) is 14.0. The highest BCUT2D eigenvalue weighted by molar-refractivity contribution is 6.02. The van der Waals surface area contributed by atoms with Crippen LogP contribution in [0.5, 0.6) is 11.6 Å². The van der Waals surface area contributed by atoms with Crippen molar-refractivity contribution in [2.24, 2.45) is 13.0 Å². The molecule has 0 unspecified atom stereocenters. The van der Waals surface area contributed by atoms with E-state index in [4.69, 9.17) is 9.47 Å². The number of nitrogens with one attached hydrogen (secondary N) is 1. The van der Waals surface area contributed by atoms with Gasteiger partial charge in [0.05, 0.1) is 42.0 Å². The Bertz CT molecular complexity index is 1540. The standard InChI is InChI=1S/C30H37N9O3/c1-7-24(40)21-14-31-26(35-27-15-33-28(16-32-27)42-25-11-12-37(3)17-19(25)2)13-23(21)39(5)22-10-8-9-20(29(22)41-6)30-34-18-38(4)36-30/h8-10,13-16,18-19,25H,7,11-12,17H2,1-6H3,(H,31,32,35)/t19-,25-/m0/s1. The van der Waals surface area contributed by atoms with Crippen LogP contribution in [-0.2, 0) is 7.05 Å². The molecule has 0 amide bonds. The average Bonchev–Trinajstić information content (AvgIpc) is 3.44. The lowest BCUT2D eigenvalue weighted by Gasteiger charge is -2.34. The van der Waals surface area contributed by atoms with E-state index in [9.17, 15) is 4.79 Å².